The van der Waals surface area contributed by atoms with E-state index in [4.69, 9.17) is 4.74 Å². The van der Waals surface area contributed by atoms with Gasteiger partial charge in [0.05, 0.1) is 19.6 Å². The summed E-state index contributed by atoms with van der Waals surface area (Å²) >= 11 is 0. The summed E-state index contributed by atoms with van der Waals surface area (Å²) in [7, 11) is 0. The monoisotopic (exact) mass is 272 g/mol. The second-order valence-electron chi connectivity index (χ2n) is 4.70. The van der Waals surface area contributed by atoms with Crippen LogP contribution in [-0.2, 0) is 14.3 Å². The van der Waals surface area contributed by atoms with Gasteiger partial charge in [-0.25, -0.2) is 0 Å². The normalized spacial score (nSPS) is 11.9. The van der Waals surface area contributed by atoms with Crippen LogP contribution in [0.2, 0.25) is 0 Å². The first-order chi connectivity index (χ1) is 9.10. The van der Waals surface area contributed by atoms with Crippen LogP contribution in [0.5, 0.6) is 0 Å². The van der Waals surface area contributed by atoms with E-state index in [2.05, 4.69) is 17.6 Å². The van der Waals surface area contributed by atoms with E-state index in [9.17, 15) is 9.59 Å². The van der Waals surface area contributed by atoms with E-state index in [1.54, 1.807) is 6.92 Å². The van der Waals surface area contributed by atoms with Crippen LogP contribution in [-0.4, -0.2) is 37.6 Å². The van der Waals surface area contributed by atoms with Crippen molar-refractivity contribution in [3.05, 3.63) is 0 Å². The molecule has 0 aliphatic heterocycles. The van der Waals surface area contributed by atoms with Gasteiger partial charge in [-0.15, -0.1) is 0 Å². The summed E-state index contributed by atoms with van der Waals surface area (Å²) < 4.78 is 4.79. The Balaban J connectivity index is 3.50. The van der Waals surface area contributed by atoms with Crippen LogP contribution in [0, 0.1) is 0 Å². The highest BCUT2D eigenvalue weighted by molar-refractivity contribution is 5.78. The molecule has 0 saturated carbocycles. The Hall–Kier alpha value is -1.10. The predicted octanol–water partition coefficient (Wildman–Crippen LogP) is 1.61. The van der Waals surface area contributed by atoms with E-state index in [1.807, 2.05) is 6.92 Å². The molecule has 112 valence electrons. The molecular weight excluding hydrogens is 244 g/mol. The van der Waals surface area contributed by atoms with Crippen molar-refractivity contribution < 1.29 is 14.3 Å². The number of hydrogen-bond acceptors (Lipinski definition) is 4. The number of carbonyl (C=O) groups is 2. The molecular formula is C14H28N2O3. The Morgan fingerprint density at radius 3 is 2.58 bits per heavy atom. The SMILES string of the molecule is CCCCCC(C)NC(=O)CNCCC(=O)OCC. The molecule has 0 saturated heterocycles. The molecule has 19 heavy (non-hydrogen) atoms. The molecule has 5 heteroatoms. The molecule has 0 aromatic heterocycles. The van der Waals surface area contributed by atoms with E-state index in [0.717, 1.165) is 12.8 Å². The van der Waals surface area contributed by atoms with E-state index in [0.29, 0.717) is 19.6 Å². The lowest BCUT2D eigenvalue weighted by molar-refractivity contribution is -0.143. The lowest BCUT2D eigenvalue weighted by atomic mass is 10.1. The minimum Gasteiger partial charge on any atom is -0.466 e. The third kappa shape index (κ3) is 11.7. The highest BCUT2D eigenvalue weighted by Crippen LogP contribution is 2.02. The molecule has 0 aromatic carbocycles. The van der Waals surface area contributed by atoms with Crippen molar-refractivity contribution in [3.63, 3.8) is 0 Å². The quantitative estimate of drug-likeness (QED) is 0.443. The summed E-state index contributed by atoms with van der Waals surface area (Å²) in [6.07, 6.45) is 4.86. The van der Waals surface area contributed by atoms with Crippen molar-refractivity contribution in [1.29, 1.82) is 0 Å². The summed E-state index contributed by atoms with van der Waals surface area (Å²) in [5, 5.41) is 5.87. The van der Waals surface area contributed by atoms with Crippen LogP contribution in [0.15, 0.2) is 0 Å². The van der Waals surface area contributed by atoms with Gasteiger partial charge < -0.3 is 15.4 Å². The van der Waals surface area contributed by atoms with Gasteiger partial charge >= 0.3 is 5.97 Å². The first kappa shape index (κ1) is 17.9. The molecule has 0 fully saturated rings. The third-order valence-electron chi connectivity index (χ3n) is 2.74. The van der Waals surface area contributed by atoms with E-state index < -0.39 is 0 Å². The highest BCUT2D eigenvalue weighted by Gasteiger charge is 2.07. The van der Waals surface area contributed by atoms with Crippen molar-refractivity contribution in [2.75, 3.05) is 19.7 Å². The molecule has 0 aliphatic carbocycles. The van der Waals surface area contributed by atoms with E-state index in [1.165, 1.54) is 12.8 Å². The number of hydrogen-bond donors (Lipinski definition) is 2. The minimum atomic E-state index is -0.233. The van der Waals surface area contributed by atoms with Gasteiger partial charge in [0.25, 0.3) is 0 Å². The van der Waals surface area contributed by atoms with E-state index in [-0.39, 0.29) is 24.5 Å². The average Bonchev–Trinajstić information content (AvgIpc) is 2.35. The van der Waals surface area contributed by atoms with Gasteiger partial charge in [-0.1, -0.05) is 26.2 Å². The van der Waals surface area contributed by atoms with Gasteiger partial charge in [0.1, 0.15) is 0 Å². The Bertz CT molecular complexity index is 257. The first-order valence-corrected chi connectivity index (χ1v) is 7.25. The van der Waals surface area contributed by atoms with Gasteiger partial charge in [0.2, 0.25) is 5.91 Å². The van der Waals surface area contributed by atoms with Crippen molar-refractivity contribution >= 4 is 11.9 Å². The summed E-state index contributed by atoms with van der Waals surface area (Å²) in [6.45, 7) is 7.07. The summed E-state index contributed by atoms with van der Waals surface area (Å²) in [4.78, 5) is 22.6. The van der Waals surface area contributed by atoms with Gasteiger partial charge in [-0.3, -0.25) is 9.59 Å². The fourth-order valence-corrected chi connectivity index (χ4v) is 1.72. The number of ether oxygens (including phenoxy) is 1. The fraction of sp³-hybridized carbons (Fsp3) is 0.857. The molecule has 0 bridgehead atoms. The lowest BCUT2D eigenvalue weighted by Gasteiger charge is -2.13. The molecule has 0 heterocycles. The number of nitrogens with one attached hydrogen (secondary N) is 2. The zero-order chi connectivity index (χ0) is 14.5. The molecule has 1 unspecified atom stereocenters. The fourth-order valence-electron chi connectivity index (χ4n) is 1.72. The van der Waals surface area contributed by atoms with Crippen LogP contribution in [0.3, 0.4) is 0 Å². The molecule has 2 N–H and O–H groups in total. The molecule has 0 rings (SSSR count). The van der Waals surface area contributed by atoms with Gasteiger partial charge in [0, 0.05) is 12.6 Å². The topological polar surface area (TPSA) is 67.4 Å². The number of amides is 1. The summed E-state index contributed by atoms with van der Waals surface area (Å²) in [6, 6.07) is 0.214. The Morgan fingerprint density at radius 1 is 1.21 bits per heavy atom. The number of rotatable bonds is 11. The zero-order valence-electron chi connectivity index (χ0n) is 12.5. The van der Waals surface area contributed by atoms with Gasteiger partial charge in [-0.05, 0) is 20.3 Å². The molecule has 5 nitrogen and oxygen atoms in total. The largest absolute Gasteiger partial charge is 0.466 e. The maximum absolute atomic E-state index is 11.6. The van der Waals surface area contributed by atoms with Crippen LogP contribution in [0.1, 0.15) is 52.9 Å². The maximum Gasteiger partial charge on any atom is 0.307 e. The lowest BCUT2D eigenvalue weighted by Crippen LogP contribution is -2.39. The minimum absolute atomic E-state index is 0.0205. The second kappa shape index (κ2) is 12.0. The second-order valence-corrected chi connectivity index (χ2v) is 4.70. The van der Waals surface area contributed by atoms with Crippen LogP contribution < -0.4 is 10.6 Å². The molecule has 0 spiro atoms. The molecule has 0 aliphatic rings. The average molecular weight is 272 g/mol. The predicted molar refractivity (Wildman–Crippen MR) is 75.9 cm³/mol. The van der Waals surface area contributed by atoms with E-state index >= 15 is 0 Å². The molecule has 1 atom stereocenters. The van der Waals surface area contributed by atoms with Crippen molar-refractivity contribution in [3.8, 4) is 0 Å². The summed E-state index contributed by atoms with van der Waals surface area (Å²) in [5.41, 5.74) is 0. The van der Waals surface area contributed by atoms with Crippen molar-refractivity contribution in [2.45, 2.75) is 58.9 Å². The van der Waals surface area contributed by atoms with Crippen LogP contribution in [0.4, 0.5) is 0 Å². The van der Waals surface area contributed by atoms with Crippen LogP contribution in [0.25, 0.3) is 0 Å². The Kier molecular flexibility index (Phi) is 11.3. The van der Waals surface area contributed by atoms with Crippen molar-refractivity contribution in [2.24, 2.45) is 0 Å². The van der Waals surface area contributed by atoms with Crippen molar-refractivity contribution in [1.82, 2.24) is 10.6 Å². The highest BCUT2D eigenvalue weighted by atomic mass is 16.5. The zero-order valence-corrected chi connectivity index (χ0v) is 12.5. The molecule has 1 amide bonds. The van der Waals surface area contributed by atoms with Crippen LogP contribution >= 0.6 is 0 Å². The summed E-state index contributed by atoms with van der Waals surface area (Å²) in [5.74, 6) is -0.254. The smallest absolute Gasteiger partial charge is 0.307 e. The standard InChI is InChI=1S/C14H28N2O3/c1-4-6-7-8-12(3)16-13(17)11-15-10-9-14(18)19-5-2/h12,15H,4-11H2,1-3H3,(H,16,17). The maximum atomic E-state index is 11.6. The first-order valence-electron chi connectivity index (χ1n) is 7.25. The molecule has 0 aromatic rings. The number of unbranched alkanes of at least 4 members (excludes halogenated alkanes) is 2. The molecule has 0 radical (unpaired) electrons. The third-order valence-corrected chi connectivity index (χ3v) is 2.74. The Morgan fingerprint density at radius 2 is 1.95 bits per heavy atom. The number of carbonyl (C=O) groups excluding carboxylic acids is 2. The van der Waals surface area contributed by atoms with Gasteiger partial charge in [-0.2, -0.15) is 0 Å². The van der Waals surface area contributed by atoms with Gasteiger partial charge in [0.15, 0.2) is 0 Å². The number of esters is 1. The Labute approximate surface area is 116 Å².